The second kappa shape index (κ2) is 6.80. The zero-order valence-electron chi connectivity index (χ0n) is 11.9. The molecule has 3 N–H and O–H groups in total. The van der Waals surface area contributed by atoms with Gasteiger partial charge in [0.05, 0.1) is 4.90 Å². The van der Waals surface area contributed by atoms with Crippen LogP contribution >= 0.6 is 0 Å². The average Bonchev–Trinajstić information content (AvgIpc) is 2.48. The molecule has 1 aromatic carbocycles. The van der Waals surface area contributed by atoms with Crippen LogP contribution in [0.4, 0.5) is 0 Å². The molecule has 0 amide bonds. The van der Waals surface area contributed by atoms with Gasteiger partial charge in [-0.1, -0.05) is 12.1 Å². The molecule has 2 aromatic rings. The molecule has 0 saturated carbocycles. The van der Waals surface area contributed by atoms with E-state index in [9.17, 15) is 8.42 Å². The third-order valence-electron chi connectivity index (χ3n) is 3.17. The van der Waals surface area contributed by atoms with E-state index in [2.05, 4.69) is 9.71 Å². The number of nitrogens with zero attached hydrogens (tertiary/aromatic N) is 1. The van der Waals surface area contributed by atoms with Crippen molar-refractivity contribution in [1.82, 2.24) is 9.71 Å². The summed E-state index contributed by atoms with van der Waals surface area (Å²) in [5, 5.41) is 0. The van der Waals surface area contributed by atoms with E-state index in [1.54, 1.807) is 36.7 Å². The van der Waals surface area contributed by atoms with Crippen molar-refractivity contribution in [2.45, 2.75) is 24.3 Å². The highest BCUT2D eigenvalue weighted by atomic mass is 32.2. The highest BCUT2D eigenvalue weighted by molar-refractivity contribution is 7.89. The van der Waals surface area contributed by atoms with Crippen molar-refractivity contribution in [2.75, 3.05) is 6.54 Å². The van der Waals surface area contributed by atoms with Crippen molar-refractivity contribution < 1.29 is 8.42 Å². The molecule has 5 nitrogen and oxygen atoms in total. The van der Waals surface area contributed by atoms with Gasteiger partial charge in [-0.3, -0.25) is 4.98 Å². The van der Waals surface area contributed by atoms with E-state index in [0.717, 1.165) is 11.1 Å². The summed E-state index contributed by atoms with van der Waals surface area (Å²) in [5.74, 6) is 0. The Morgan fingerprint density at radius 1 is 1.14 bits per heavy atom. The summed E-state index contributed by atoms with van der Waals surface area (Å²) in [6, 6.07) is 10.3. The minimum Gasteiger partial charge on any atom is -0.324 e. The number of pyridine rings is 1. The molecule has 0 spiro atoms. The Kier molecular flexibility index (Phi) is 5.06. The summed E-state index contributed by atoms with van der Waals surface area (Å²) in [6.07, 6.45) is 4.01. The second-order valence-corrected chi connectivity index (χ2v) is 6.63. The SMILES string of the molecule is CC(N)c1ccc(S(=O)(=O)NCCc2ccncc2)cc1. The van der Waals surface area contributed by atoms with E-state index >= 15 is 0 Å². The molecule has 0 radical (unpaired) electrons. The van der Waals surface area contributed by atoms with Crippen LogP contribution in [0.25, 0.3) is 0 Å². The number of sulfonamides is 1. The fourth-order valence-corrected chi connectivity index (χ4v) is 2.94. The van der Waals surface area contributed by atoms with Crippen molar-refractivity contribution in [2.24, 2.45) is 5.73 Å². The maximum absolute atomic E-state index is 12.1. The van der Waals surface area contributed by atoms with E-state index in [1.807, 2.05) is 19.1 Å². The first kappa shape index (κ1) is 15.6. The van der Waals surface area contributed by atoms with E-state index in [1.165, 1.54) is 0 Å². The minimum atomic E-state index is -3.48. The number of hydrogen-bond acceptors (Lipinski definition) is 4. The first-order valence-corrected chi connectivity index (χ1v) is 8.21. The summed E-state index contributed by atoms with van der Waals surface area (Å²) >= 11 is 0. The van der Waals surface area contributed by atoms with Crippen molar-refractivity contribution in [1.29, 1.82) is 0 Å². The van der Waals surface area contributed by atoms with Gasteiger partial charge in [-0.2, -0.15) is 0 Å². The van der Waals surface area contributed by atoms with Crippen LogP contribution in [0.15, 0.2) is 53.7 Å². The van der Waals surface area contributed by atoms with Crippen molar-refractivity contribution in [3.63, 3.8) is 0 Å². The van der Waals surface area contributed by atoms with E-state index in [4.69, 9.17) is 5.73 Å². The number of nitrogens with one attached hydrogen (secondary N) is 1. The Labute approximate surface area is 125 Å². The first-order chi connectivity index (χ1) is 9.99. The molecule has 0 aliphatic rings. The molecular weight excluding hydrogens is 286 g/mol. The third kappa shape index (κ3) is 4.35. The fraction of sp³-hybridized carbons (Fsp3) is 0.267. The van der Waals surface area contributed by atoms with Crippen molar-refractivity contribution in [3.8, 4) is 0 Å². The van der Waals surface area contributed by atoms with Gasteiger partial charge in [-0.15, -0.1) is 0 Å². The molecule has 1 heterocycles. The molecule has 0 aliphatic carbocycles. The predicted molar refractivity (Wildman–Crippen MR) is 82.2 cm³/mol. The van der Waals surface area contributed by atoms with Gasteiger partial charge in [0, 0.05) is 25.0 Å². The standard InChI is InChI=1S/C15H19N3O2S/c1-12(16)14-2-4-15(5-3-14)21(19,20)18-11-8-13-6-9-17-10-7-13/h2-7,9-10,12,18H,8,11,16H2,1H3. The van der Waals surface area contributed by atoms with Gasteiger partial charge < -0.3 is 5.73 Å². The van der Waals surface area contributed by atoms with Crippen molar-refractivity contribution in [3.05, 3.63) is 59.9 Å². The summed E-state index contributed by atoms with van der Waals surface area (Å²) in [5.41, 5.74) is 7.70. The number of benzene rings is 1. The lowest BCUT2D eigenvalue weighted by molar-refractivity contribution is 0.581. The minimum absolute atomic E-state index is 0.110. The molecule has 2 rings (SSSR count). The highest BCUT2D eigenvalue weighted by Crippen LogP contribution is 2.14. The van der Waals surface area contributed by atoms with Gasteiger partial charge in [0.1, 0.15) is 0 Å². The Morgan fingerprint density at radius 3 is 2.33 bits per heavy atom. The van der Waals surface area contributed by atoms with Gasteiger partial charge in [-0.05, 0) is 48.7 Å². The summed E-state index contributed by atoms with van der Waals surface area (Å²) in [7, 11) is -3.48. The zero-order valence-corrected chi connectivity index (χ0v) is 12.7. The lowest BCUT2D eigenvalue weighted by Crippen LogP contribution is -2.26. The maximum atomic E-state index is 12.1. The third-order valence-corrected chi connectivity index (χ3v) is 4.65. The van der Waals surface area contributed by atoms with Crippen LogP contribution < -0.4 is 10.5 Å². The molecule has 6 heteroatoms. The molecule has 21 heavy (non-hydrogen) atoms. The van der Waals surface area contributed by atoms with Gasteiger partial charge in [0.25, 0.3) is 0 Å². The first-order valence-electron chi connectivity index (χ1n) is 6.73. The summed E-state index contributed by atoms with van der Waals surface area (Å²) < 4.78 is 26.9. The van der Waals surface area contributed by atoms with Crippen LogP contribution in [0.3, 0.4) is 0 Å². The quantitative estimate of drug-likeness (QED) is 0.849. The zero-order chi connectivity index (χ0) is 15.3. The van der Waals surface area contributed by atoms with Gasteiger partial charge in [0.2, 0.25) is 10.0 Å². The van der Waals surface area contributed by atoms with Gasteiger partial charge in [0.15, 0.2) is 0 Å². The summed E-state index contributed by atoms with van der Waals surface area (Å²) in [6.45, 7) is 2.21. The monoisotopic (exact) mass is 305 g/mol. The van der Waals surface area contributed by atoms with Crippen LogP contribution in [-0.4, -0.2) is 19.9 Å². The largest absolute Gasteiger partial charge is 0.324 e. The fourth-order valence-electron chi connectivity index (χ4n) is 1.91. The summed E-state index contributed by atoms with van der Waals surface area (Å²) in [4.78, 5) is 4.17. The van der Waals surface area contributed by atoms with Gasteiger partial charge >= 0.3 is 0 Å². The smallest absolute Gasteiger partial charge is 0.240 e. The predicted octanol–water partition coefficient (Wildman–Crippen LogP) is 1.62. The van der Waals surface area contributed by atoms with Crippen molar-refractivity contribution >= 4 is 10.0 Å². The van der Waals surface area contributed by atoms with E-state index in [0.29, 0.717) is 13.0 Å². The van der Waals surface area contributed by atoms with Crippen LogP contribution in [0, 0.1) is 0 Å². The molecule has 1 atom stereocenters. The average molecular weight is 305 g/mol. The number of aromatic nitrogens is 1. The molecule has 0 bridgehead atoms. The molecule has 1 unspecified atom stereocenters. The van der Waals surface area contributed by atoms with E-state index in [-0.39, 0.29) is 10.9 Å². The number of hydrogen-bond donors (Lipinski definition) is 2. The topological polar surface area (TPSA) is 85.1 Å². The van der Waals surface area contributed by atoms with Crippen LogP contribution in [0.2, 0.25) is 0 Å². The molecular formula is C15H19N3O2S. The normalized spacial score (nSPS) is 13.0. The molecule has 0 saturated heterocycles. The molecule has 0 aliphatic heterocycles. The number of rotatable bonds is 6. The van der Waals surface area contributed by atoms with Crippen LogP contribution in [0.5, 0.6) is 0 Å². The molecule has 1 aromatic heterocycles. The Bertz CT molecular complexity index is 668. The highest BCUT2D eigenvalue weighted by Gasteiger charge is 2.13. The lowest BCUT2D eigenvalue weighted by atomic mass is 10.1. The number of nitrogens with two attached hydrogens (primary N) is 1. The second-order valence-electron chi connectivity index (χ2n) is 4.86. The molecule has 0 fully saturated rings. The maximum Gasteiger partial charge on any atom is 0.240 e. The Balaban J connectivity index is 1.98. The van der Waals surface area contributed by atoms with Crippen LogP contribution in [0.1, 0.15) is 24.1 Å². The Morgan fingerprint density at radius 2 is 1.76 bits per heavy atom. The Hall–Kier alpha value is -1.76. The van der Waals surface area contributed by atoms with E-state index < -0.39 is 10.0 Å². The lowest BCUT2D eigenvalue weighted by Gasteiger charge is -2.09. The van der Waals surface area contributed by atoms with Gasteiger partial charge in [-0.25, -0.2) is 13.1 Å². The molecule has 112 valence electrons. The van der Waals surface area contributed by atoms with Crippen LogP contribution in [-0.2, 0) is 16.4 Å².